The second-order valence-electron chi connectivity index (χ2n) is 4.30. The van der Waals surface area contributed by atoms with Crippen molar-refractivity contribution in [1.82, 2.24) is 9.55 Å². The molecule has 2 aromatic heterocycles. The molecule has 0 aliphatic carbocycles. The summed E-state index contributed by atoms with van der Waals surface area (Å²) in [6.45, 7) is 2.31. The first kappa shape index (κ1) is 13.2. The predicted molar refractivity (Wildman–Crippen MR) is 72.9 cm³/mol. The van der Waals surface area contributed by atoms with Gasteiger partial charge in [0.05, 0.1) is 17.5 Å². The number of fused-ring (bicyclic) bond motifs is 1. The molecule has 0 N–H and O–H groups in total. The highest BCUT2D eigenvalue weighted by Gasteiger charge is 2.08. The first-order valence-corrected chi connectivity index (χ1v) is 8.38. The fourth-order valence-corrected chi connectivity index (χ4v) is 3.23. The van der Waals surface area contributed by atoms with Crippen LogP contribution < -0.4 is 5.56 Å². The van der Waals surface area contributed by atoms with Crippen LogP contribution in [0, 0.1) is 6.92 Å². The maximum atomic E-state index is 12.1. The summed E-state index contributed by atoms with van der Waals surface area (Å²) >= 11 is 1.48. The monoisotopic (exact) mass is 286 g/mol. The largest absolute Gasteiger partial charge is 0.299 e. The number of nitrogens with zero attached hydrogens (tertiary/aromatic N) is 2. The number of aryl methyl sites for hydroxylation is 2. The van der Waals surface area contributed by atoms with Gasteiger partial charge in [0.25, 0.3) is 5.56 Å². The molecule has 0 unspecified atom stereocenters. The lowest BCUT2D eigenvalue weighted by atomic mass is 10.3. The third-order valence-electron chi connectivity index (χ3n) is 2.56. The molecule has 0 bridgehead atoms. The molecule has 98 valence electrons. The number of aromatic nitrogens is 2. The van der Waals surface area contributed by atoms with Crippen LogP contribution in [0.1, 0.15) is 11.3 Å². The van der Waals surface area contributed by atoms with E-state index in [4.69, 9.17) is 0 Å². The van der Waals surface area contributed by atoms with Crippen LogP contribution in [0.15, 0.2) is 17.2 Å². The molecule has 0 saturated carbocycles. The lowest BCUT2D eigenvalue weighted by Gasteiger charge is -2.04. The first-order valence-electron chi connectivity index (χ1n) is 5.50. The third-order valence-corrected chi connectivity index (χ3v) is 4.54. The summed E-state index contributed by atoms with van der Waals surface area (Å²) < 4.78 is 23.5. The Bertz CT molecular complexity index is 728. The normalized spacial score (nSPS) is 12.1. The topological polar surface area (TPSA) is 69.0 Å². The van der Waals surface area contributed by atoms with Crippen LogP contribution >= 0.6 is 11.3 Å². The van der Waals surface area contributed by atoms with Gasteiger partial charge in [-0.2, -0.15) is 0 Å². The summed E-state index contributed by atoms with van der Waals surface area (Å²) in [6, 6.07) is 1.82. The average molecular weight is 286 g/mol. The summed E-state index contributed by atoms with van der Waals surface area (Å²) in [5.74, 6) is 0.0835. The molecule has 0 saturated heterocycles. The van der Waals surface area contributed by atoms with E-state index < -0.39 is 9.84 Å². The number of thiophene rings is 1. The second kappa shape index (κ2) is 4.81. The molecule has 0 radical (unpaired) electrons. The first-order chi connectivity index (χ1) is 8.37. The van der Waals surface area contributed by atoms with Gasteiger partial charge in [0.2, 0.25) is 0 Å². The summed E-state index contributed by atoms with van der Waals surface area (Å²) in [7, 11) is -2.98. The summed E-state index contributed by atoms with van der Waals surface area (Å²) in [5, 5.41) is 0.611. The fourth-order valence-electron chi connectivity index (χ4n) is 1.74. The van der Waals surface area contributed by atoms with Crippen LogP contribution in [0.2, 0.25) is 0 Å². The van der Waals surface area contributed by atoms with E-state index in [2.05, 4.69) is 4.98 Å². The van der Waals surface area contributed by atoms with Crippen molar-refractivity contribution >= 4 is 31.4 Å². The zero-order chi connectivity index (χ0) is 13.3. The molecule has 0 aromatic carbocycles. The number of sulfone groups is 1. The van der Waals surface area contributed by atoms with Crippen LogP contribution in [-0.2, 0) is 16.4 Å². The molecular weight excluding hydrogens is 272 g/mol. The highest BCUT2D eigenvalue weighted by Crippen LogP contribution is 2.19. The standard InChI is InChI=1S/C11H14N2O3S2/c1-8-6-9-10(17-8)12-7-13(11(9)14)4-3-5-18(2,15)16/h6-7H,3-5H2,1-2H3. The summed E-state index contributed by atoms with van der Waals surface area (Å²) in [6.07, 6.45) is 3.11. The number of rotatable bonds is 4. The van der Waals surface area contributed by atoms with Gasteiger partial charge >= 0.3 is 0 Å². The highest BCUT2D eigenvalue weighted by molar-refractivity contribution is 7.90. The van der Waals surface area contributed by atoms with Crippen LogP contribution in [0.25, 0.3) is 10.2 Å². The van der Waals surface area contributed by atoms with Gasteiger partial charge in [-0.25, -0.2) is 13.4 Å². The minimum Gasteiger partial charge on any atom is -0.299 e. The third kappa shape index (κ3) is 2.97. The van der Waals surface area contributed by atoms with Crippen molar-refractivity contribution in [2.45, 2.75) is 19.9 Å². The van der Waals surface area contributed by atoms with Crippen LogP contribution in [-0.4, -0.2) is 30.0 Å². The maximum Gasteiger partial charge on any atom is 0.262 e. The molecule has 0 atom stereocenters. The zero-order valence-corrected chi connectivity index (χ0v) is 11.8. The van der Waals surface area contributed by atoms with E-state index >= 15 is 0 Å². The van der Waals surface area contributed by atoms with Gasteiger partial charge in [0.15, 0.2) is 0 Å². The number of hydrogen-bond acceptors (Lipinski definition) is 5. The smallest absolute Gasteiger partial charge is 0.262 e. The lowest BCUT2D eigenvalue weighted by molar-refractivity contribution is 0.588. The molecule has 0 fully saturated rings. The molecule has 0 aliphatic rings. The Morgan fingerprint density at radius 2 is 2.17 bits per heavy atom. The second-order valence-corrected chi connectivity index (χ2v) is 7.80. The van der Waals surface area contributed by atoms with Crippen LogP contribution in [0.3, 0.4) is 0 Å². The maximum absolute atomic E-state index is 12.1. The van der Waals surface area contributed by atoms with Gasteiger partial charge in [-0.15, -0.1) is 11.3 Å². The van der Waals surface area contributed by atoms with Gasteiger partial charge in [0, 0.05) is 17.7 Å². The van der Waals surface area contributed by atoms with E-state index in [1.165, 1.54) is 28.5 Å². The zero-order valence-electron chi connectivity index (χ0n) is 10.2. The minimum absolute atomic E-state index is 0.0835. The predicted octanol–water partition coefficient (Wildman–Crippen LogP) is 1.20. The van der Waals surface area contributed by atoms with Gasteiger partial charge in [-0.1, -0.05) is 0 Å². The Morgan fingerprint density at radius 3 is 2.83 bits per heavy atom. The van der Waals surface area contributed by atoms with Crippen LogP contribution in [0.5, 0.6) is 0 Å². The molecule has 0 aliphatic heterocycles. The van der Waals surface area contributed by atoms with E-state index in [0.29, 0.717) is 18.4 Å². The summed E-state index contributed by atoms with van der Waals surface area (Å²) in [4.78, 5) is 18.1. The Kier molecular flexibility index (Phi) is 3.54. The molecule has 0 amide bonds. The molecule has 2 rings (SSSR count). The van der Waals surface area contributed by atoms with Crippen molar-refractivity contribution in [1.29, 1.82) is 0 Å². The minimum atomic E-state index is -2.98. The van der Waals surface area contributed by atoms with E-state index in [9.17, 15) is 13.2 Å². The average Bonchev–Trinajstić information content (AvgIpc) is 2.62. The van der Waals surface area contributed by atoms with E-state index in [-0.39, 0.29) is 11.3 Å². The van der Waals surface area contributed by atoms with Gasteiger partial charge in [-0.3, -0.25) is 9.36 Å². The lowest BCUT2D eigenvalue weighted by Crippen LogP contribution is -2.21. The fraction of sp³-hybridized carbons (Fsp3) is 0.455. The summed E-state index contributed by atoms with van der Waals surface area (Å²) in [5.41, 5.74) is -0.0992. The molecule has 0 spiro atoms. The van der Waals surface area contributed by atoms with E-state index in [1.54, 1.807) is 0 Å². The Labute approximate surface area is 109 Å². The molecular formula is C11H14N2O3S2. The van der Waals surface area contributed by atoms with Crippen molar-refractivity contribution < 1.29 is 8.42 Å². The SMILES string of the molecule is Cc1cc2c(=O)n(CCCS(C)(=O)=O)cnc2s1. The molecule has 5 nitrogen and oxygen atoms in total. The Balaban J connectivity index is 2.24. The van der Waals surface area contributed by atoms with Gasteiger partial charge < -0.3 is 0 Å². The number of hydrogen-bond donors (Lipinski definition) is 0. The van der Waals surface area contributed by atoms with Gasteiger partial charge in [0.1, 0.15) is 14.7 Å². The Hall–Kier alpha value is -1.21. The van der Waals surface area contributed by atoms with Crippen LogP contribution in [0.4, 0.5) is 0 Å². The van der Waals surface area contributed by atoms with Crippen molar-refractivity contribution in [3.63, 3.8) is 0 Å². The van der Waals surface area contributed by atoms with E-state index in [0.717, 1.165) is 9.71 Å². The highest BCUT2D eigenvalue weighted by atomic mass is 32.2. The molecule has 2 heterocycles. The van der Waals surface area contributed by atoms with Crippen molar-refractivity contribution in [3.8, 4) is 0 Å². The van der Waals surface area contributed by atoms with Crippen molar-refractivity contribution in [2.24, 2.45) is 0 Å². The van der Waals surface area contributed by atoms with Crippen molar-refractivity contribution in [2.75, 3.05) is 12.0 Å². The van der Waals surface area contributed by atoms with E-state index in [1.807, 2.05) is 13.0 Å². The van der Waals surface area contributed by atoms with Crippen molar-refractivity contribution in [3.05, 3.63) is 27.6 Å². The molecule has 7 heteroatoms. The molecule has 2 aromatic rings. The Morgan fingerprint density at radius 1 is 1.44 bits per heavy atom. The molecule has 18 heavy (non-hydrogen) atoms. The van der Waals surface area contributed by atoms with Gasteiger partial charge in [-0.05, 0) is 19.4 Å². The quantitative estimate of drug-likeness (QED) is 0.847.